The number of hydrogen-bond acceptors (Lipinski definition) is 10. The smallest absolute Gasteiger partial charge is 0.394 e. The molecule has 2 amide bonds. The molecule has 5 aliphatic rings. The maximum absolute atomic E-state index is 14.3. The summed E-state index contributed by atoms with van der Waals surface area (Å²) in [5, 5.41) is 7.46. The minimum absolute atomic E-state index is 0.135. The van der Waals surface area contributed by atoms with E-state index in [1.165, 1.54) is 10.8 Å². The lowest BCUT2D eigenvalue weighted by atomic mass is 9.39. The van der Waals surface area contributed by atoms with E-state index in [1.807, 2.05) is 48.2 Å². The first-order valence-electron chi connectivity index (χ1n) is 18.1. The first-order valence-corrected chi connectivity index (χ1v) is 18.1. The second kappa shape index (κ2) is 13.5. The Bertz CT molecular complexity index is 2190. The number of nitrogens with zero attached hydrogens (tertiary/aromatic N) is 8. The molecule has 1 N–H and O–H groups in total. The van der Waals surface area contributed by atoms with Crippen LogP contribution in [0.2, 0.25) is 0 Å². The van der Waals surface area contributed by atoms with Gasteiger partial charge in [0.15, 0.2) is 17.3 Å². The SMILES string of the molecule is CCc1c(N2CCN(C(=O)c3ncnc(C)c3OCc3ccccc3)CC2)c(=O)n2nc(C3=CCOCC3)nc2n1CC(=O)NC12CC(C(F)(F)F)(C1)C2. The molecule has 0 spiro atoms. The molecule has 3 saturated carbocycles. The van der Waals surface area contributed by atoms with Crippen molar-refractivity contribution in [3.63, 3.8) is 0 Å². The van der Waals surface area contributed by atoms with Crippen molar-refractivity contribution >= 4 is 28.9 Å². The van der Waals surface area contributed by atoms with Gasteiger partial charge in [-0.2, -0.15) is 22.7 Å². The van der Waals surface area contributed by atoms with Gasteiger partial charge >= 0.3 is 6.18 Å². The van der Waals surface area contributed by atoms with E-state index in [0.29, 0.717) is 67.8 Å². The Balaban J connectivity index is 1.06. The van der Waals surface area contributed by atoms with Crippen molar-refractivity contribution in [1.29, 1.82) is 0 Å². The van der Waals surface area contributed by atoms with Crippen LogP contribution < -0.4 is 20.5 Å². The summed E-state index contributed by atoms with van der Waals surface area (Å²) in [6.07, 6.45) is -0.625. The fraction of sp³-hybridized carbons (Fsp3) is 0.486. The van der Waals surface area contributed by atoms with E-state index in [1.54, 1.807) is 16.4 Å². The zero-order valence-corrected chi connectivity index (χ0v) is 30.0. The zero-order valence-electron chi connectivity index (χ0n) is 30.0. The summed E-state index contributed by atoms with van der Waals surface area (Å²) in [6.45, 7) is 5.56. The van der Waals surface area contributed by atoms with E-state index < -0.39 is 28.6 Å². The molecule has 9 rings (SSSR count). The van der Waals surface area contributed by atoms with Gasteiger partial charge in [-0.05, 0) is 50.2 Å². The van der Waals surface area contributed by atoms with Crippen molar-refractivity contribution in [3.8, 4) is 5.75 Å². The summed E-state index contributed by atoms with van der Waals surface area (Å²) in [7, 11) is 0. The molecule has 0 atom stereocenters. The maximum Gasteiger partial charge on any atom is 0.394 e. The topological polar surface area (TPSA) is 149 Å². The van der Waals surface area contributed by atoms with E-state index in [-0.39, 0.29) is 62.9 Å². The summed E-state index contributed by atoms with van der Waals surface area (Å²) >= 11 is 0. The number of aromatic nitrogens is 6. The van der Waals surface area contributed by atoms with Gasteiger partial charge in [-0.15, -0.1) is 5.10 Å². The van der Waals surface area contributed by atoms with E-state index in [4.69, 9.17) is 14.5 Å². The lowest BCUT2D eigenvalue weighted by Crippen LogP contribution is -2.78. The second-order valence-electron chi connectivity index (χ2n) is 14.6. The Labute approximate surface area is 308 Å². The Morgan fingerprint density at radius 1 is 1.06 bits per heavy atom. The molecule has 2 aliphatic heterocycles. The number of hydrogen-bond donors (Lipinski definition) is 1. The quantitative estimate of drug-likeness (QED) is 0.256. The van der Waals surface area contributed by atoms with Crippen LogP contribution in [0.15, 0.2) is 47.5 Å². The highest BCUT2D eigenvalue weighted by Crippen LogP contribution is 2.73. The van der Waals surface area contributed by atoms with Crippen LogP contribution in [0.1, 0.15) is 65.9 Å². The number of ether oxygens (including phenoxy) is 2. The van der Waals surface area contributed by atoms with Crippen molar-refractivity contribution in [2.75, 3.05) is 44.3 Å². The van der Waals surface area contributed by atoms with E-state index in [0.717, 1.165) is 11.1 Å². The predicted octanol–water partition coefficient (Wildman–Crippen LogP) is 3.50. The normalized spacial score (nSPS) is 22.4. The highest BCUT2D eigenvalue weighted by Gasteiger charge is 2.79. The number of fused-ring (bicyclic) bond motifs is 1. The third-order valence-electron chi connectivity index (χ3n) is 11.0. The molecule has 3 aromatic heterocycles. The molecule has 284 valence electrons. The van der Waals surface area contributed by atoms with Crippen LogP contribution in [0.4, 0.5) is 18.9 Å². The number of benzene rings is 1. The van der Waals surface area contributed by atoms with Crippen molar-refractivity contribution < 1.29 is 32.2 Å². The molecule has 54 heavy (non-hydrogen) atoms. The van der Waals surface area contributed by atoms with E-state index in [9.17, 15) is 27.6 Å². The average Bonchev–Trinajstić information content (AvgIpc) is 3.59. The molecule has 1 aromatic carbocycles. The van der Waals surface area contributed by atoms with Crippen LogP contribution >= 0.6 is 0 Å². The van der Waals surface area contributed by atoms with Gasteiger partial charge in [0, 0.05) is 31.7 Å². The molecule has 4 aromatic rings. The molecule has 14 nitrogen and oxygen atoms in total. The summed E-state index contributed by atoms with van der Waals surface area (Å²) in [6, 6.07) is 9.57. The summed E-state index contributed by atoms with van der Waals surface area (Å²) in [4.78, 5) is 58.5. The van der Waals surface area contributed by atoms with Crippen LogP contribution in [0.5, 0.6) is 5.75 Å². The molecule has 17 heteroatoms. The third-order valence-corrected chi connectivity index (χ3v) is 11.0. The predicted molar refractivity (Wildman–Crippen MR) is 189 cm³/mol. The number of anilines is 1. The Hall–Kier alpha value is -5.32. The lowest BCUT2D eigenvalue weighted by Gasteiger charge is -2.70. The summed E-state index contributed by atoms with van der Waals surface area (Å²) < 4.78 is 54.9. The molecule has 4 fully saturated rings. The molecular formula is C37H40F3N9O5. The fourth-order valence-electron chi connectivity index (χ4n) is 8.30. The molecule has 1 saturated heterocycles. The lowest BCUT2D eigenvalue weighted by molar-refractivity contribution is -0.337. The number of halogens is 3. The summed E-state index contributed by atoms with van der Waals surface area (Å²) in [5.74, 6) is 0.0275. The van der Waals surface area contributed by atoms with Gasteiger partial charge in [0.05, 0.1) is 30.0 Å². The molecule has 5 heterocycles. The highest BCUT2D eigenvalue weighted by molar-refractivity contribution is 5.95. The minimum Gasteiger partial charge on any atom is -0.485 e. The van der Waals surface area contributed by atoms with Crippen molar-refractivity contribution in [2.24, 2.45) is 5.41 Å². The van der Waals surface area contributed by atoms with E-state index in [2.05, 4.69) is 20.4 Å². The van der Waals surface area contributed by atoms with Crippen LogP contribution in [-0.2, 0) is 29.1 Å². The van der Waals surface area contributed by atoms with Crippen LogP contribution in [0.3, 0.4) is 0 Å². The van der Waals surface area contributed by atoms with Gasteiger partial charge in [0.1, 0.15) is 25.2 Å². The van der Waals surface area contributed by atoms with Gasteiger partial charge in [-0.25, -0.2) is 9.97 Å². The van der Waals surface area contributed by atoms with Crippen LogP contribution in [0, 0.1) is 12.3 Å². The molecule has 0 unspecified atom stereocenters. The number of carbonyl (C=O) groups is 2. The molecular weight excluding hydrogens is 707 g/mol. The van der Waals surface area contributed by atoms with Crippen molar-refractivity contribution in [3.05, 3.63) is 81.6 Å². The van der Waals surface area contributed by atoms with Crippen molar-refractivity contribution in [1.82, 2.24) is 39.3 Å². The second-order valence-corrected chi connectivity index (χ2v) is 14.6. The van der Waals surface area contributed by atoms with Crippen LogP contribution in [-0.4, -0.2) is 97.0 Å². The Morgan fingerprint density at radius 2 is 1.80 bits per heavy atom. The fourth-order valence-corrected chi connectivity index (χ4v) is 8.30. The first kappa shape index (κ1) is 35.7. The largest absolute Gasteiger partial charge is 0.485 e. The number of nitrogens with one attached hydrogen (secondary N) is 1. The Kier molecular flexibility index (Phi) is 8.93. The van der Waals surface area contributed by atoms with Crippen LogP contribution in [0.25, 0.3) is 11.4 Å². The highest BCUT2D eigenvalue weighted by atomic mass is 19.4. The van der Waals surface area contributed by atoms with Crippen molar-refractivity contribution in [2.45, 2.75) is 70.8 Å². The summed E-state index contributed by atoms with van der Waals surface area (Å²) in [5.41, 5.74) is 0.286. The monoisotopic (exact) mass is 747 g/mol. The molecule has 0 radical (unpaired) electrons. The van der Waals surface area contributed by atoms with E-state index >= 15 is 0 Å². The Morgan fingerprint density at radius 3 is 2.46 bits per heavy atom. The van der Waals surface area contributed by atoms with Gasteiger partial charge < -0.3 is 29.2 Å². The number of piperazine rings is 1. The average molecular weight is 748 g/mol. The van der Waals surface area contributed by atoms with Gasteiger partial charge in [0.2, 0.25) is 11.7 Å². The third kappa shape index (κ3) is 6.17. The molecule has 2 bridgehead atoms. The van der Waals surface area contributed by atoms with Gasteiger partial charge in [-0.1, -0.05) is 43.3 Å². The first-order chi connectivity index (χ1) is 25.9. The number of amides is 2. The van der Waals surface area contributed by atoms with Gasteiger partial charge in [0.25, 0.3) is 11.5 Å². The molecule has 3 aliphatic carbocycles. The minimum atomic E-state index is -4.30. The number of rotatable bonds is 10. The zero-order chi connectivity index (χ0) is 37.8. The number of carbonyl (C=O) groups excluding carboxylic acids is 2. The maximum atomic E-state index is 14.3. The standard InChI is InChI=1S/C37H40F3N9O5/c1-3-26-29(46-11-13-47(14-12-46)32(51)28-30(23(2)41-22-42-28)54-18-24-7-5-4-6-8-24)33(52)49-34(43-31(45-49)25-9-15-53-16-10-25)48(26)17-27(50)44-36-19-35(20-36,21-36)37(38,39)40/h4-9,22H,3,10-21H2,1-2H3,(H,44,50). The number of aryl methyl sites for hydroxylation is 1. The van der Waals surface area contributed by atoms with Gasteiger partial charge in [-0.3, -0.25) is 14.4 Å². The number of alkyl halides is 3.